The molecule has 5 heteroatoms. The Kier molecular flexibility index (Phi) is 6.55. The van der Waals surface area contributed by atoms with Crippen LogP contribution in [0.5, 0.6) is 0 Å². The second-order valence-corrected chi connectivity index (χ2v) is 5.82. The lowest BCUT2D eigenvalue weighted by atomic mass is 10.2. The molecule has 0 spiro atoms. The Balaban J connectivity index is 2.42. The molecule has 1 atom stereocenters. The van der Waals surface area contributed by atoms with Gasteiger partial charge in [-0.3, -0.25) is 4.21 Å². The van der Waals surface area contributed by atoms with Gasteiger partial charge in [-0.05, 0) is 31.0 Å². The Morgan fingerprint density at radius 3 is 2.59 bits per heavy atom. The molecule has 0 radical (unpaired) electrons. The first kappa shape index (κ1) is 14.5. The van der Waals surface area contributed by atoms with E-state index in [0.717, 1.165) is 25.7 Å². The average Bonchev–Trinajstić information content (AvgIpc) is 2.28. The number of halogens is 1. The van der Waals surface area contributed by atoms with Crippen LogP contribution >= 0.6 is 11.6 Å². The maximum absolute atomic E-state index is 11.9. The zero-order valence-electron chi connectivity index (χ0n) is 9.69. The van der Waals surface area contributed by atoms with E-state index in [1.165, 1.54) is 0 Å². The summed E-state index contributed by atoms with van der Waals surface area (Å²) in [6.45, 7) is 0.229. The van der Waals surface area contributed by atoms with Gasteiger partial charge in [0.1, 0.15) is 0 Å². The van der Waals surface area contributed by atoms with E-state index in [1.54, 1.807) is 18.2 Å². The Labute approximate surface area is 109 Å². The van der Waals surface area contributed by atoms with Crippen molar-refractivity contribution >= 4 is 28.1 Å². The maximum Gasteiger partial charge on any atom is 0.0587 e. The molecule has 0 aliphatic carbocycles. The summed E-state index contributed by atoms with van der Waals surface area (Å²) >= 11 is 5.98. The number of nitrogens with two attached hydrogens (primary N) is 1. The number of nitrogen functional groups attached to an aromatic ring is 1. The highest BCUT2D eigenvalue weighted by Crippen LogP contribution is 2.23. The van der Waals surface area contributed by atoms with E-state index in [4.69, 9.17) is 22.4 Å². The van der Waals surface area contributed by atoms with Gasteiger partial charge >= 0.3 is 0 Å². The highest BCUT2D eigenvalue weighted by atomic mass is 35.5. The fourth-order valence-electron chi connectivity index (χ4n) is 1.51. The fourth-order valence-corrected chi connectivity index (χ4v) is 3.14. The molecule has 0 bridgehead atoms. The van der Waals surface area contributed by atoms with E-state index in [-0.39, 0.29) is 6.61 Å². The third-order valence-corrected chi connectivity index (χ3v) is 4.37. The molecule has 1 unspecified atom stereocenters. The van der Waals surface area contributed by atoms with E-state index < -0.39 is 10.8 Å². The number of aliphatic hydroxyl groups is 1. The van der Waals surface area contributed by atoms with E-state index in [1.807, 2.05) is 0 Å². The van der Waals surface area contributed by atoms with Crippen LogP contribution in [0.25, 0.3) is 0 Å². The van der Waals surface area contributed by atoms with Gasteiger partial charge in [0, 0.05) is 18.0 Å². The minimum atomic E-state index is -1.06. The largest absolute Gasteiger partial charge is 0.399 e. The molecular formula is C12H18ClNO2S. The number of benzene rings is 1. The minimum Gasteiger partial charge on any atom is -0.399 e. The third kappa shape index (κ3) is 5.06. The highest BCUT2D eigenvalue weighted by molar-refractivity contribution is 7.85. The quantitative estimate of drug-likeness (QED) is 0.594. The van der Waals surface area contributed by atoms with Crippen molar-refractivity contribution in [3.05, 3.63) is 23.2 Å². The van der Waals surface area contributed by atoms with Crippen LogP contribution < -0.4 is 5.73 Å². The predicted molar refractivity (Wildman–Crippen MR) is 72.7 cm³/mol. The molecule has 0 fully saturated rings. The fraction of sp³-hybridized carbons (Fsp3) is 0.500. The molecule has 3 nitrogen and oxygen atoms in total. The number of unbranched alkanes of at least 4 members (excludes halogenated alkanes) is 3. The van der Waals surface area contributed by atoms with Crippen LogP contribution in [0.3, 0.4) is 0 Å². The summed E-state index contributed by atoms with van der Waals surface area (Å²) in [7, 11) is -1.06. The lowest BCUT2D eigenvalue weighted by Gasteiger charge is -2.05. The normalized spacial score (nSPS) is 12.6. The smallest absolute Gasteiger partial charge is 0.0587 e. The van der Waals surface area contributed by atoms with Crippen LogP contribution in [0.2, 0.25) is 5.02 Å². The topological polar surface area (TPSA) is 63.3 Å². The van der Waals surface area contributed by atoms with Gasteiger partial charge in [-0.1, -0.05) is 24.4 Å². The van der Waals surface area contributed by atoms with Crippen molar-refractivity contribution in [2.75, 3.05) is 18.1 Å². The van der Waals surface area contributed by atoms with Gasteiger partial charge in [-0.25, -0.2) is 0 Å². The van der Waals surface area contributed by atoms with Crippen molar-refractivity contribution in [1.82, 2.24) is 0 Å². The lowest BCUT2D eigenvalue weighted by molar-refractivity contribution is 0.283. The van der Waals surface area contributed by atoms with Crippen molar-refractivity contribution < 1.29 is 9.32 Å². The molecule has 1 aromatic rings. The summed E-state index contributed by atoms with van der Waals surface area (Å²) in [4.78, 5) is 0.656. The Bertz CT molecular complexity index is 385. The first-order valence-electron chi connectivity index (χ1n) is 5.69. The van der Waals surface area contributed by atoms with E-state index in [2.05, 4.69) is 0 Å². The standard InChI is InChI=1S/C12H18ClNO2S/c13-11-9-10(14)5-6-12(11)17(16)8-4-2-1-3-7-15/h5-6,9,15H,1-4,7-8,14H2. The number of hydrogen-bond donors (Lipinski definition) is 2. The molecule has 0 saturated carbocycles. The molecule has 0 heterocycles. The van der Waals surface area contributed by atoms with Crippen LogP contribution in [0.4, 0.5) is 5.69 Å². The molecule has 1 rings (SSSR count). The Morgan fingerprint density at radius 2 is 1.94 bits per heavy atom. The Hall–Kier alpha value is -0.580. The second kappa shape index (κ2) is 7.69. The van der Waals surface area contributed by atoms with Gasteiger partial charge < -0.3 is 10.8 Å². The minimum absolute atomic E-state index is 0.229. The molecule has 17 heavy (non-hydrogen) atoms. The molecule has 0 amide bonds. The summed E-state index contributed by atoms with van der Waals surface area (Å²) < 4.78 is 11.9. The summed E-state index contributed by atoms with van der Waals surface area (Å²) in [5.41, 5.74) is 6.16. The molecule has 0 aliphatic rings. The monoisotopic (exact) mass is 275 g/mol. The molecule has 0 saturated heterocycles. The van der Waals surface area contributed by atoms with E-state index in [0.29, 0.717) is 21.4 Å². The first-order valence-corrected chi connectivity index (χ1v) is 7.39. The SMILES string of the molecule is Nc1ccc(S(=O)CCCCCCO)c(Cl)c1. The number of aliphatic hydroxyl groups excluding tert-OH is 1. The molecule has 96 valence electrons. The number of hydrogen-bond acceptors (Lipinski definition) is 3. The van der Waals surface area contributed by atoms with Gasteiger partial charge in [0.05, 0.1) is 20.7 Å². The van der Waals surface area contributed by atoms with Gasteiger partial charge in [0.15, 0.2) is 0 Å². The Morgan fingerprint density at radius 1 is 1.24 bits per heavy atom. The highest BCUT2D eigenvalue weighted by Gasteiger charge is 2.08. The molecular weight excluding hydrogens is 258 g/mol. The van der Waals surface area contributed by atoms with Crippen LogP contribution in [0, 0.1) is 0 Å². The molecule has 1 aromatic carbocycles. The van der Waals surface area contributed by atoms with E-state index >= 15 is 0 Å². The molecule has 3 N–H and O–H groups in total. The van der Waals surface area contributed by atoms with E-state index in [9.17, 15) is 4.21 Å². The van der Waals surface area contributed by atoms with Crippen molar-refractivity contribution in [1.29, 1.82) is 0 Å². The first-order chi connectivity index (χ1) is 8.15. The second-order valence-electron chi connectivity index (χ2n) is 3.88. The maximum atomic E-state index is 11.9. The third-order valence-electron chi connectivity index (χ3n) is 2.44. The van der Waals surface area contributed by atoms with Crippen LogP contribution in [0.15, 0.2) is 23.1 Å². The zero-order chi connectivity index (χ0) is 12.7. The summed E-state index contributed by atoms with van der Waals surface area (Å²) in [6.07, 6.45) is 3.66. The summed E-state index contributed by atoms with van der Waals surface area (Å²) in [5.74, 6) is 0.606. The van der Waals surface area contributed by atoms with Crippen molar-refractivity contribution in [2.45, 2.75) is 30.6 Å². The van der Waals surface area contributed by atoms with Crippen LogP contribution in [-0.2, 0) is 10.8 Å². The van der Waals surface area contributed by atoms with Gasteiger partial charge in [-0.15, -0.1) is 0 Å². The lowest BCUT2D eigenvalue weighted by Crippen LogP contribution is -2.00. The van der Waals surface area contributed by atoms with Crippen molar-refractivity contribution in [3.8, 4) is 0 Å². The van der Waals surface area contributed by atoms with Gasteiger partial charge in [0.2, 0.25) is 0 Å². The van der Waals surface area contributed by atoms with Crippen molar-refractivity contribution in [3.63, 3.8) is 0 Å². The predicted octanol–water partition coefficient (Wildman–Crippen LogP) is 2.58. The van der Waals surface area contributed by atoms with Crippen LogP contribution in [0.1, 0.15) is 25.7 Å². The van der Waals surface area contributed by atoms with Gasteiger partial charge in [-0.2, -0.15) is 0 Å². The number of anilines is 1. The summed E-state index contributed by atoms with van der Waals surface area (Å²) in [5, 5.41) is 9.10. The number of rotatable bonds is 7. The average molecular weight is 276 g/mol. The van der Waals surface area contributed by atoms with Crippen LogP contribution in [-0.4, -0.2) is 21.7 Å². The van der Waals surface area contributed by atoms with Gasteiger partial charge in [0.25, 0.3) is 0 Å². The summed E-state index contributed by atoms with van der Waals surface area (Å²) in [6, 6.07) is 5.06. The zero-order valence-corrected chi connectivity index (χ0v) is 11.3. The molecule has 0 aromatic heterocycles. The molecule has 0 aliphatic heterocycles. The van der Waals surface area contributed by atoms with Crippen molar-refractivity contribution in [2.24, 2.45) is 0 Å².